The number of nitrogens with zero attached hydrogens (tertiary/aromatic N) is 1. The first-order valence-electron chi connectivity index (χ1n) is 6.16. The first-order valence-corrected chi connectivity index (χ1v) is 6.54. The number of hydrogen-bond donors (Lipinski definition) is 1. The highest BCUT2D eigenvalue weighted by Gasteiger charge is 2.32. The zero-order chi connectivity index (χ0) is 12.7. The Bertz CT molecular complexity index is 562. The summed E-state index contributed by atoms with van der Waals surface area (Å²) in [6, 6.07) is 8.07. The van der Waals surface area contributed by atoms with Gasteiger partial charge in [-0.05, 0) is 36.5 Å². The molecular weight excluding hydrogens is 248 g/mol. The molecule has 1 heterocycles. The molecule has 1 aliphatic carbocycles. The second kappa shape index (κ2) is 4.32. The van der Waals surface area contributed by atoms with Gasteiger partial charge in [0, 0.05) is 16.5 Å². The van der Waals surface area contributed by atoms with E-state index in [1.165, 1.54) is 5.56 Å². The van der Waals surface area contributed by atoms with E-state index in [9.17, 15) is 0 Å². The maximum atomic E-state index is 5.93. The number of aromatic nitrogens is 1. The molecule has 0 amide bonds. The molecule has 3 nitrogen and oxygen atoms in total. The Morgan fingerprint density at radius 1 is 1.33 bits per heavy atom. The van der Waals surface area contributed by atoms with Crippen LogP contribution in [0.3, 0.4) is 0 Å². The lowest BCUT2D eigenvalue weighted by molar-refractivity contribution is 0.410. The van der Waals surface area contributed by atoms with Crippen LogP contribution in [0.5, 0.6) is 0 Å². The number of nitrogen functional groups attached to an aromatic ring is 1. The molecule has 1 aromatic heterocycles. The van der Waals surface area contributed by atoms with Crippen molar-refractivity contribution in [2.24, 2.45) is 0 Å². The van der Waals surface area contributed by atoms with Gasteiger partial charge in [0.25, 0.3) is 0 Å². The lowest BCUT2D eigenvalue weighted by Gasteiger charge is -2.27. The smallest absolute Gasteiger partial charge is 0.225 e. The highest BCUT2D eigenvalue weighted by molar-refractivity contribution is 6.30. The summed E-state index contributed by atoms with van der Waals surface area (Å²) in [5.41, 5.74) is 9.19. The molecule has 1 aromatic carbocycles. The zero-order valence-electron chi connectivity index (χ0n) is 10.2. The van der Waals surface area contributed by atoms with Crippen LogP contribution < -0.4 is 5.73 Å². The molecule has 3 rings (SSSR count). The van der Waals surface area contributed by atoms with Crippen molar-refractivity contribution in [2.75, 3.05) is 5.73 Å². The van der Waals surface area contributed by atoms with Gasteiger partial charge < -0.3 is 10.3 Å². The fourth-order valence-electron chi connectivity index (χ4n) is 2.85. The molecule has 0 saturated heterocycles. The molecule has 18 heavy (non-hydrogen) atoms. The summed E-state index contributed by atoms with van der Waals surface area (Å²) in [5.74, 6) is 1.27. The monoisotopic (exact) mass is 262 g/mol. The van der Waals surface area contributed by atoms with Crippen molar-refractivity contribution >= 4 is 17.5 Å². The third kappa shape index (κ3) is 1.79. The predicted molar refractivity (Wildman–Crippen MR) is 71.8 cm³/mol. The van der Waals surface area contributed by atoms with Gasteiger partial charge in [0.15, 0.2) is 0 Å². The van der Waals surface area contributed by atoms with Crippen molar-refractivity contribution in [1.29, 1.82) is 0 Å². The van der Waals surface area contributed by atoms with E-state index >= 15 is 0 Å². The topological polar surface area (TPSA) is 52.0 Å². The maximum absolute atomic E-state index is 5.93. The first kappa shape index (κ1) is 11.6. The minimum Gasteiger partial charge on any atom is -0.367 e. The number of anilines is 1. The number of hydrogen-bond acceptors (Lipinski definition) is 3. The first-order chi connectivity index (χ1) is 8.66. The fraction of sp³-hybridized carbons (Fsp3) is 0.357. The van der Waals surface area contributed by atoms with Gasteiger partial charge in [-0.15, -0.1) is 0 Å². The summed E-state index contributed by atoms with van der Waals surface area (Å²) < 4.78 is 5.10. The third-order valence-corrected chi connectivity index (χ3v) is 4.14. The Balaban J connectivity index is 1.95. The van der Waals surface area contributed by atoms with Crippen LogP contribution in [0.25, 0.3) is 0 Å². The Morgan fingerprint density at radius 3 is 2.78 bits per heavy atom. The average molecular weight is 263 g/mol. The zero-order valence-corrected chi connectivity index (χ0v) is 10.9. The summed E-state index contributed by atoms with van der Waals surface area (Å²) in [7, 11) is 0. The molecule has 0 fully saturated rings. The van der Waals surface area contributed by atoms with Gasteiger partial charge in [-0.1, -0.05) is 35.8 Å². The van der Waals surface area contributed by atoms with Crippen molar-refractivity contribution in [3.8, 4) is 0 Å². The fourth-order valence-corrected chi connectivity index (χ4v) is 2.98. The van der Waals surface area contributed by atoms with Gasteiger partial charge in [0.05, 0.1) is 5.69 Å². The SMILES string of the molecule is CC1c2noc(N)c2CCC1c1ccc(Cl)cc1. The highest BCUT2D eigenvalue weighted by atomic mass is 35.5. The van der Waals surface area contributed by atoms with E-state index in [2.05, 4.69) is 24.2 Å². The number of benzene rings is 1. The molecule has 0 saturated carbocycles. The van der Waals surface area contributed by atoms with E-state index in [4.69, 9.17) is 21.9 Å². The number of fused-ring (bicyclic) bond motifs is 1. The normalized spacial score (nSPS) is 22.8. The summed E-state index contributed by atoms with van der Waals surface area (Å²) in [4.78, 5) is 0. The van der Waals surface area contributed by atoms with Crippen LogP contribution in [-0.4, -0.2) is 5.16 Å². The van der Waals surface area contributed by atoms with Crippen LogP contribution in [0, 0.1) is 0 Å². The minimum absolute atomic E-state index is 0.330. The quantitative estimate of drug-likeness (QED) is 0.852. The Kier molecular flexibility index (Phi) is 2.78. The molecule has 2 unspecified atom stereocenters. The molecule has 0 radical (unpaired) electrons. The van der Waals surface area contributed by atoms with E-state index in [1.807, 2.05) is 12.1 Å². The number of halogens is 1. The molecule has 4 heteroatoms. The molecule has 0 spiro atoms. The van der Waals surface area contributed by atoms with Crippen LogP contribution in [0.1, 0.15) is 42.0 Å². The summed E-state index contributed by atoms with van der Waals surface area (Å²) in [6.45, 7) is 2.18. The lowest BCUT2D eigenvalue weighted by atomic mass is 9.76. The van der Waals surface area contributed by atoms with Crippen molar-refractivity contribution in [2.45, 2.75) is 31.6 Å². The largest absolute Gasteiger partial charge is 0.367 e. The van der Waals surface area contributed by atoms with Crippen LogP contribution in [-0.2, 0) is 6.42 Å². The predicted octanol–water partition coefficient (Wildman–Crippen LogP) is 3.74. The average Bonchev–Trinajstić information content (AvgIpc) is 2.74. The van der Waals surface area contributed by atoms with Crippen LogP contribution >= 0.6 is 11.6 Å². The van der Waals surface area contributed by atoms with Crippen molar-refractivity contribution in [3.63, 3.8) is 0 Å². The second-order valence-electron chi connectivity index (χ2n) is 4.90. The Hall–Kier alpha value is -1.48. The van der Waals surface area contributed by atoms with Crippen LogP contribution in [0.15, 0.2) is 28.8 Å². The second-order valence-corrected chi connectivity index (χ2v) is 5.33. The Labute approximate surface area is 111 Å². The highest BCUT2D eigenvalue weighted by Crippen LogP contribution is 2.43. The van der Waals surface area contributed by atoms with Crippen LogP contribution in [0.2, 0.25) is 5.02 Å². The van der Waals surface area contributed by atoms with Gasteiger partial charge in [-0.25, -0.2) is 0 Å². The molecule has 2 N–H and O–H groups in total. The van der Waals surface area contributed by atoms with E-state index in [0.717, 1.165) is 29.1 Å². The van der Waals surface area contributed by atoms with Crippen molar-refractivity contribution < 1.29 is 4.52 Å². The molecule has 94 valence electrons. The summed E-state index contributed by atoms with van der Waals surface area (Å²) in [6.07, 6.45) is 2.00. The van der Waals surface area contributed by atoms with E-state index in [0.29, 0.717) is 17.7 Å². The van der Waals surface area contributed by atoms with Gasteiger partial charge in [0.2, 0.25) is 5.88 Å². The van der Waals surface area contributed by atoms with Gasteiger partial charge in [-0.3, -0.25) is 0 Å². The number of rotatable bonds is 1. The molecule has 1 aliphatic rings. The molecular formula is C14H15ClN2O. The van der Waals surface area contributed by atoms with E-state index in [1.54, 1.807) is 0 Å². The van der Waals surface area contributed by atoms with Crippen LogP contribution in [0.4, 0.5) is 5.88 Å². The molecule has 2 aromatic rings. The van der Waals surface area contributed by atoms with Gasteiger partial charge in [-0.2, -0.15) is 0 Å². The molecule has 0 bridgehead atoms. The standard InChI is InChI=1S/C14H15ClN2O/c1-8-11(9-2-4-10(15)5-3-9)6-7-12-13(8)17-18-14(12)16/h2-5,8,11H,6-7,16H2,1H3. The minimum atomic E-state index is 0.330. The lowest BCUT2D eigenvalue weighted by Crippen LogP contribution is -2.17. The molecule has 0 aliphatic heterocycles. The van der Waals surface area contributed by atoms with Crippen molar-refractivity contribution in [1.82, 2.24) is 5.16 Å². The Morgan fingerprint density at radius 2 is 2.06 bits per heavy atom. The van der Waals surface area contributed by atoms with Gasteiger partial charge in [0.1, 0.15) is 0 Å². The van der Waals surface area contributed by atoms with Gasteiger partial charge >= 0.3 is 0 Å². The third-order valence-electron chi connectivity index (χ3n) is 3.89. The van der Waals surface area contributed by atoms with Crippen molar-refractivity contribution in [3.05, 3.63) is 46.1 Å². The number of nitrogens with two attached hydrogens (primary N) is 1. The van der Waals surface area contributed by atoms with E-state index in [-0.39, 0.29) is 0 Å². The molecule has 2 atom stereocenters. The summed E-state index contributed by atoms with van der Waals surface area (Å²) >= 11 is 5.93. The van der Waals surface area contributed by atoms with E-state index < -0.39 is 0 Å². The maximum Gasteiger partial charge on any atom is 0.225 e. The summed E-state index contributed by atoms with van der Waals surface area (Å²) in [5, 5.41) is 4.88.